The maximum Gasteiger partial charge on any atom is 0.306 e. The van der Waals surface area contributed by atoms with Crippen LogP contribution in [-0.4, -0.2) is 46.9 Å². The Morgan fingerprint density at radius 1 is 0.527 bits per heavy atom. The monoisotopic (exact) mass is 772 g/mol. The lowest BCUT2D eigenvalue weighted by Crippen LogP contribution is -2.46. The van der Waals surface area contributed by atoms with Crippen LogP contribution in [0.5, 0.6) is 0 Å². The van der Waals surface area contributed by atoms with Gasteiger partial charge in [0.1, 0.15) is 6.10 Å². The first-order valence-electron chi connectivity index (χ1n) is 23.4. The Bertz CT molecular complexity index is 957. The van der Waals surface area contributed by atoms with Gasteiger partial charge in [-0.25, -0.2) is 0 Å². The minimum atomic E-state index is -0.792. The quantitative estimate of drug-likeness (QED) is 0.0249. The summed E-state index contributed by atoms with van der Waals surface area (Å²) in [6.45, 7) is 6.36. The van der Waals surface area contributed by atoms with E-state index in [1.165, 1.54) is 83.5 Å². The molecule has 0 aromatic heterocycles. The molecule has 0 saturated carbocycles. The number of aliphatic hydroxyl groups is 2. The Morgan fingerprint density at radius 2 is 0.982 bits per heavy atom. The molecule has 320 valence electrons. The molecule has 0 radical (unpaired) electrons. The van der Waals surface area contributed by atoms with Crippen molar-refractivity contribution in [2.75, 3.05) is 6.61 Å². The standard InChI is InChI=1S/C49H89NO5/c1-4-7-10-13-16-19-21-22-23-24-25-26-27-28-30-33-36-39-42-49(54)55-45(40-37-34-31-18-15-12-9-6-3)43-48(53)50-46(44-51)47(52)41-38-35-32-29-20-17-14-11-8-5-2/h12,15,21-26,45-47,51-52H,4-11,13-14,16-20,27-44H2,1-3H3,(H,50,53)/b15-12-,22-21+,24-23+,26-25+. The third-order valence-electron chi connectivity index (χ3n) is 10.4. The number of carbonyl (C=O) groups is 2. The average molecular weight is 772 g/mol. The number of amides is 1. The summed E-state index contributed by atoms with van der Waals surface area (Å²) in [5.41, 5.74) is 0. The zero-order valence-corrected chi connectivity index (χ0v) is 36.3. The van der Waals surface area contributed by atoms with Crippen molar-refractivity contribution in [2.24, 2.45) is 0 Å². The molecular weight excluding hydrogens is 683 g/mol. The maximum absolute atomic E-state index is 13.1. The fourth-order valence-corrected chi connectivity index (χ4v) is 6.84. The fourth-order valence-electron chi connectivity index (χ4n) is 6.84. The molecule has 6 nitrogen and oxygen atoms in total. The van der Waals surface area contributed by atoms with E-state index in [2.05, 4.69) is 74.7 Å². The number of hydrogen-bond acceptors (Lipinski definition) is 5. The van der Waals surface area contributed by atoms with Gasteiger partial charge in [-0.2, -0.15) is 0 Å². The summed E-state index contributed by atoms with van der Waals surface area (Å²) in [5.74, 6) is -0.518. The molecule has 1 amide bonds. The van der Waals surface area contributed by atoms with E-state index in [0.29, 0.717) is 19.3 Å². The van der Waals surface area contributed by atoms with Crippen molar-refractivity contribution in [3.8, 4) is 0 Å². The molecule has 0 aliphatic heterocycles. The summed E-state index contributed by atoms with van der Waals surface area (Å²) >= 11 is 0. The van der Waals surface area contributed by atoms with Gasteiger partial charge < -0.3 is 20.3 Å². The lowest BCUT2D eigenvalue weighted by Gasteiger charge is -2.24. The third-order valence-corrected chi connectivity index (χ3v) is 10.4. The normalized spacial score (nSPS) is 13.8. The second-order valence-corrected chi connectivity index (χ2v) is 15.9. The smallest absolute Gasteiger partial charge is 0.306 e. The van der Waals surface area contributed by atoms with E-state index in [4.69, 9.17) is 4.74 Å². The van der Waals surface area contributed by atoms with Crippen LogP contribution in [0.15, 0.2) is 48.6 Å². The van der Waals surface area contributed by atoms with Crippen LogP contribution in [0.1, 0.15) is 226 Å². The SMILES string of the molecule is CCC/C=C\CCCCCC(CC(=O)NC(CO)C(O)CCCCCCCCCCCC)OC(=O)CCCCCCC/C=C/C=C/C=C/CCCCCCC. The van der Waals surface area contributed by atoms with Gasteiger partial charge >= 0.3 is 5.97 Å². The highest BCUT2D eigenvalue weighted by molar-refractivity contribution is 5.77. The highest BCUT2D eigenvalue weighted by atomic mass is 16.5. The molecule has 0 aliphatic carbocycles. The van der Waals surface area contributed by atoms with Gasteiger partial charge in [0.15, 0.2) is 0 Å². The number of ether oxygens (including phenoxy) is 1. The van der Waals surface area contributed by atoms with Crippen LogP contribution in [0, 0.1) is 0 Å². The van der Waals surface area contributed by atoms with Gasteiger partial charge in [0.05, 0.1) is 25.2 Å². The zero-order valence-electron chi connectivity index (χ0n) is 36.3. The van der Waals surface area contributed by atoms with E-state index in [1.807, 2.05) is 0 Å². The first kappa shape index (κ1) is 52.8. The van der Waals surface area contributed by atoms with Gasteiger partial charge in [-0.1, -0.05) is 191 Å². The number of carbonyl (C=O) groups excluding carboxylic acids is 2. The minimum absolute atomic E-state index is 0.0573. The molecule has 0 aromatic carbocycles. The van der Waals surface area contributed by atoms with Crippen LogP contribution in [0.3, 0.4) is 0 Å². The third kappa shape index (κ3) is 38.5. The van der Waals surface area contributed by atoms with E-state index in [9.17, 15) is 19.8 Å². The molecule has 0 bridgehead atoms. The molecule has 0 aromatic rings. The van der Waals surface area contributed by atoms with Crippen LogP contribution in [0.25, 0.3) is 0 Å². The lowest BCUT2D eigenvalue weighted by atomic mass is 10.0. The molecule has 3 atom stereocenters. The predicted octanol–water partition coefficient (Wildman–Crippen LogP) is 13.5. The van der Waals surface area contributed by atoms with Gasteiger partial charge in [-0.3, -0.25) is 9.59 Å². The summed E-state index contributed by atoms with van der Waals surface area (Å²) in [6, 6.07) is -0.707. The maximum atomic E-state index is 13.1. The van der Waals surface area contributed by atoms with Gasteiger partial charge in [-0.15, -0.1) is 0 Å². The fraction of sp³-hybridized carbons (Fsp3) is 0.796. The average Bonchev–Trinajstić information content (AvgIpc) is 3.18. The number of nitrogens with one attached hydrogen (secondary N) is 1. The zero-order chi connectivity index (χ0) is 40.3. The molecule has 6 heteroatoms. The molecule has 3 unspecified atom stereocenters. The van der Waals surface area contributed by atoms with Crippen LogP contribution in [-0.2, 0) is 14.3 Å². The van der Waals surface area contributed by atoms with Crippen molar-refractivity contribution >= 4 is 11.9 Å². The van der Waals surface area contributed by atoms with E-state index in [0.717, 1.165) is 96.3 Å². The van der Waals surface area contributed by atoms with Crippen LogP contribution < -0.4 is 5.32 Å². The van der Waals surface area contributed by atoms with Gasteiger partial charge in [-0.05, 0) is 70.6 Å². The molecule has 0 fully saturated rings. The second kappa shape index (κ2) is 43.0. The Kier molecular flexibility index (Phi) is 41.2. The van der Waals surface area contributed by atoms with E-state index in [-0.39, 0.29) is 24.9 Å². The Labute approximate surface area is 340 Å². The van der Waals surface area contributed by atoms with Crippen molar-refractivity contribution in [3.63, 3.8) is 0 Å². The number of aliphatic hydroxyl groups excluding tert-OH is 2. The lowest BCUT2D eigenvalue weighted by molar-refractivity contribution is -0.151. The molecule has 3 N–H and O–H groups in total. The molecule has 0 saturated heterocycles. The Balaban J connectivity index is 4.50. The van der Waals surface area contributed by atoms with E-state index >= 15 is 0 Å². The Hall–Kier alpha value is -2.18. The number of unbranched alkanes of at least 4 members (excludes halogenated alkanes) is 23. The topological polar surface area (TPSA) is 95.9 Å². The molecular formula is C49H89NO5. The highest BCUT2D eigenvalue weighted by Crippen LogP contribution is 2.17. The Morgan fingerprint density at radius 3 is 1.53 bits per heavy atom. The summed E-state index contributed by atoms with van der Waals surface area (Å²) in [5, 5.41) is 23.6. The van der Waals surface area contributed by atoms with Crippen LogP contribution in [0.4, 0.5) is 0 Å². The number of rotatable bonds is 41. The van der Waals surface area contributed by atoms with Crippen molar-refractivity contribution in [1.82, 2.24) is 5.32 Å². The highest BCUT2D eigenvalue weighted by Gasteiger charge is 2.24. The van der Waals surface area contributed by atoms with Crippen molar-refractivity contribution in [1.29, 1.82) is 0 Å². The van der Waals surface area contributed by atoms with Gasteiger partial charge in [0.25, 0.3) is 0 Å². The van der Waals surface area contributed by atoms with Crippen molar-refractivity contribution in [2.45, 2.75) is 244 Å². The largest absolute Gasteiger partial charge is 0.462 e. The van der Waals surface area contributed by atoms with Crippen LogP contribution >= 0.6 is 0 Å². The summed E-state index contributed by atoms with van der Waals surface area (Å²) in [6.07, 6.45) is 50.4. The summed E-state index contributed by atoms with van der Waals surface area (Å²) in [7, 11) is 0. The van der Waals surface area contributed by atoms with E-state index < -0.39 is 18.2 Å². The number of hydrogen-bond donors (Lipinski definition) is 3. The second-order valence-electron chi connectivity index (χ2n) is 15.9. The number of esters is 1. The van der Waals surface area contributed by atoms with Gasteiger partial charge in [0, 0.05) is 6.42 Å². The first-order chi connectivity index (χ1) is 27.0. The van der Waals surface area contributed by atoms with Crippen LogP contribution in [0.2, 0.25) is 0 Å². The van der Waals surface area contributed by atoms with E-state index in [1.54, 1.807) is 0 Å². The summed E-state index contributed by atoms with van der Waals surface area (Å²) < 4.78 is 5.87. The molecule has 55 heavy (non-hydrogen) atoms. The molecule has 0 aliphatic rings. The first-order valence-corrected chi connectivity index (χ1v) is 23.4. The van der Waals surface area contributed by atoms with Crippen molar-refractivity contribution in [3.05, 3.63) is 48.6 Å². The molecule has 0 heterocycles. The summed E-state index contributed by atoms with van der Waals surface area (Å²) in [4.78, 5) is 25.9. The molecule has 0 rings (SSSR count). The van der Waals surface area contributed by atoms with Crippen molar-refractivity contribution < 1.29 is 24.5 Å². The predicted molar refractivity (Wildman–Crippen MR) is 236 cm³/mol. The molecule has 0 spiro atoms. The minimum Gasteiger partial charge on any atom is -0.462 e. The van der Waals surface area contributed by atoms with Gasteiger partial charge in [0.2, 0.25) is 5.91 Å². The number of allylic oxidation sites excluding steroid dienone is 8.